The minimum absolute atomic E-state index is 0.0891. The van der Waals surface area contributed by atoms with Crippen LogP contribution in [0.1, 0.15) is 28.4 Å². The summed E-state index contributed by atoms with van der Waals surface area (Å²) in [6.07, 6.45) is 1.56. The average Bonchev–Trinajstić information content (AvgIpc) is 3.10. The lowest BCUT2D eigenvalue weighted by Gasteiger charge is -2.35. The molecule has 0 aliphatic carbocycles. The summed E-state index contributed by atoms with van der Waals surface area (Å²) < 4.78 is 1.76. The summed E-state index contributed by atoms with van der Waals surface area (Å²) in [5.41, 5.74) is 4.44. The van der Waals surface area contributed by atoms with E-state index in [0.29, 0.717) is 38.2 Å². The Morgan fingerprint density at radius 3 is 2.41 bits per heavy atom. The van der Waals surface area contributed by atoms with Crippen molar-refractivity contribution < 1.29 is 4.79 Å². The van der Waals surface area contributed by atoms with E-state index in [2.05, 4.69) is 31.2 Å². The molecule has 0 saturated carbocycles. The number of hydrogen-bond donors (Lipinski definition) is 0. The molecular weight excluding hydrogens is 342 g/mol. The average molecular weight is 365 g/mol. The number of rotatable bonds is 3. The van der Waals surface area contributed by atoms with Crippen LogP contribution in [0.15, 0.2) is 24.5 Å². The second-order valence-electron chi connectivity index (χ2n) is 6.93. The Bertz CT molecular complexity index is 969. The number of fused-ring (bicyclic) bond motifs is 1. The Balaban J connectivity index is 1.51. The molecule has 3 heterocycles. The Morgan fingerprint density at radius 2 is 1.74 bits per heavy atom. The van der Waals surface area contributed by atoms with Crippen LogP contribution in [0.5, 0.6) is 0 Å². The van der Waals surface area contributed by atoms with E-state index >= 15 is 0 Å². The lowest BCUT2D eigenvalue weighted by Crippen LogP contribution is -2.49. The lowest BCUT2D eigenvalue weighted by molar-refractivity contribution is 0.0746. The van der Waals surface area contributed by atoms with Crippen LogP contribution in [0.25, 0.3) is 11.2 Å². The summed E-state index contributed by atoms with van der Waals surface area (Å²) in [7, 11) is 0. The molecule has 1 aliphatic heterocycles. The fourth-order valence-corrected chi connectivity index (χ4v) is 3.63. The highest BCUT2D eigenvalue weighted by atomic mass is 16.2. The Labute approximate surface area is 157 Å². The van der Waals surface area contributed by atoms with E-state index in [9.17, 15) is 4.79 Å². The second kappa shape index (κ2) is 6.94. The van der Waals surface area contributed by atoms with Crippen molar-refractivity contribution in [1.29, 1.82) is 0 Å². The SMILES string of the molecule is CCn1nnc2c(N3CCN(C(=O)c4cc(C)cc(C)c4)CC3)ncnc21. The fourth-order valence-electron chi connectivity index (χ4n) is 3.63. The van der Waals surface area contributed by atoms with E-state index in [1.54, 1.807) is 11.0 Å². The molecule has 3 aromatic rings. The van der Waals surface area contributed by atoms with Gasteiger partial charge in [-0.15, -0.1) is 5.10 Å². The first kappa shape index (κ1) is 17.4. The van der Waals surface area contributed by atoms with Gasteiger partial charge in [-0.3, -0.25) is 4.79 Å². The number of carbonyl (C=O) groups is 1. The molecule has 1 amide bonds. The first-order valence-electron chi connectivity index (χ1n) is 9.23. The van der Waals surface area contributed by atoms with E-state index in [-0.39, 0.29) is 5.91 Å². The third-order valence-corrected chi connectivity index (χ3v) is 4.92. The number of hydrogen-bond acceptors (Lipinski definition) is 6. The van der Waals surface area contributed by atoms with Gasteiger partial charge in [-0.1, -0.05) is 22.4 Å². The molecule has 1 saturated heterocycles. The van der Waals surface area contributed by atoms with Crippen LogP contribution in [0.4, 0.5) is 5.82 Å². The molecule has 140 valence electrons. The van der Waals surface area contributed by atoms with Gasteiger partial charge in [0.15, 0.2) is 17.0 Å². The highest BCUT2D eigenvalue weighted by Gasteiger charge is 2.25. The second-order valence-corrected chi connectivity index (χ2v) is 6.93. The molecule has 1 aromatic carbocycles. The van der Waals surface area contributed by atoms with Crippen LogP contribution in [0, 0.1) is 13.8 Å². The van der Waals surface area contributed by atoms with Crippen molar-refractivity contribution in [2.45, 2.75) is 27.3 Å². The fraction of sp³-hybridized carbons (Fsp3) is 0.421. The van der Waals surface area contributed by atoms with Crippen LogP contribution in [0.2, 0.25) is 0 Å². The van der Waals surface area contributed by atoms with Gasteiger partial charge in [-0.2, -0.15) is 0 Å². The third kappa shape index (κ3) is 3.22. The van der Waals surface area contributed by atoms with Gasteiger partial charge in [-0.25, -0.2) is 14.6 Å². The van der Waals surface area contributed by atoms with Crippen molar-refractivity contribution in [3.8, 4) is 0 Å². The highest BCUT2D eigenvalue weighted by Crippen LogP contribution is 2.22. The monoisotopic (exact) mass is 365 g/mol. The van der Waals surface area contributed by atoms with Gasteiger partial charge in [0.2, 0.25) is 0 Å². The summed E-state index contributed by atoms with van der Waals surface area (Å²) in [5, 5.41) is 8.39. The highest BCUT2D eigenvalue weighted by molar-refractivity contribution is 5.95. The molecule has 0 atom stereocenters. The predicted molar refractivity (Wildman–Crippen MR) is 103 cm³/mol. The standard InChI is InChI=1S/C19H23N7O/c1-4-26-18-16(22-23-26)17(20-12-21-18)24-5-7-25(8-6-24)19(27)15-10-13(2)9-14(3)11-15/h9-12H,4-8H2,1-3H3. The number of aryl methyl sites for hydroxylation is 3. The largest absolute Gasteiger partial charge is 0.351 e. The molecule has 0 radical (unpaired) electrons. The molecule has 27 heavy (non-hydrogen) atoms. The Morgan fingerprint density at radius 1 is 1.04 bits per heavy atom. The van der Waals surface area contributed by atoms with Gasteiger partial charge < -0.3 is 9.80 Å². The minimum atomic E-state index is 0.0891. The maximum absolute atomic E-state index is 12.9. The number of aromatic nitrogens is 5. The van der Waals surface area contributed by atoms with Crippen LogP contribution < -0.4 is 4.90 Å². The first-order chi connectivity index (χ1) is 13.1. The molecule has 0 N–H and O–H groups in total. The molecule has 2 aromatic heterocycles. The Kier molecular flexibility index (Phi) is 4.47. The van der Waals surface area contributed by atoms with Crippen LogP contribution in [0.3, 0.4) is 0 Å². The normalized spacial score (nSPS) is 14.8. The van der Waals surface area contributed by atoms with E-state index in [1.807, 2.05) is 37.8 Å². The molecule has 0 bridgehead atoms. The first-order valence-corrected chi connectivity index (χ1v) is 9.23. The summed E-state index contributed by atoms with van der Waals surface area (Å²) in [6, 6.07) is 6.00. The van der Waals surface area contributed by atoms with Gasteiger partial charge in [0, 0.05) is 38.3 Å². The van der Waals surface area contributed by atoms with Crippen molar-refractivity contribution in [3.05, 3.63) is 41.2 Å². The zero-order chi connectivity index (χ0) is 19.0. The maximum atomic E-state index is 12.9. The number of amides is 1. The zero-order valence-corrected chi connectivity index (χ0v) is 15.9. The van der Waals surface area contributed by atoms with Gasteiger partial charge in [0.25, 0.3) is 5.91 Å². The topological polar surface area (TPSA) is 80.0 Å². The molecule has 8 nitrogen and oxygen atoms in total. The molecule has 8 heteroatoms. The number of piperazine rings is 1. The molecule has 0 unspecified atom stereocenters. The van der Waals surface area contributed by atoms with Gasteiger partial charge in [-0.05, 0) is 32.9 Å². The van der Waals surface area contributed by atoms with Crippen LogP contribution in [-0.4, -0.2) is 61.9 Å². The quantitative estimate of drug-likeness (QED) is 0.704. The molecule has 4 rings (SSSR count). The molecule has 1 aliphatic rings. The predicted octanol–water partition coefficient (Wildman–Crippen LogP) is 1.82. The molecule has 1 fully saturated rings. The number of carbonyl (C=O) groups excluding carboxylic acids is 1. The zero-order valence-electron chi connectivity index (χ0n) is 15.9. The van der Waals surface area contributed by atoms with Gasteiger partial charge in [0.1, 0.15) is 6.33 Å². The number of anilines is 1. The van der Waals surface area contributed by atoms with Crippen molar-refractivity contribution in [2.24, 2.45) is 0 Å². The van der Waals surface area contributed by atoms with Crippen molar-refractivity contribution in [1.82, 2.24) is 29.9 Å². The summed E-state index contributed by atoms with van der Waals surface area (Å²) in [5.74, 6) is 0.879. The smallest absolute Gasteiger partial charge is 0.253 e. The summed E-state index contributed by atoms with van der Waals surface area (Å²) >= 11 is 0. The van der Waals surface area contributed by atoms with E-state index < -0.39 is 0 Å². The minimum Gasteiger partial charge on any atom is -0.351 e. The van der Waals surface area contributed by atoms with Crippen molar-refractivity contribution >= 4 is 22.9 Å². The van der Waals surface area contributed by atoms with Crippen molar-refractivity contribution in [3.63, 3.8) is 0 Å². The number of nitrogens with zero attached hydrogens (tertiary/aromatic N) is 7. The molecule has 0 spiro atoms. The van der Waals surface area contributed by atoms with Crippen LogP contribution >= 0.6 is 0 Å². The van der Waals surface area contributed by atoms with E-state index in [1.165, 1.54) is 0 Å². The third-order valence-electron chi connectivity index (χ3n) is 4.92. The van der Waals surface area contributed by atoms with Gasteiger partial charge in [0.05, 0.1) is 0 Å². The maximum Gasteiger partial charge on any atom is 0.253 e. The Hall–Kier alpha value is -3.03. The summed E-state index contributed by atoms with van der Waals surface area (Å²) in [4.78, 5) is 25.7. The van der Waals surface area contributed by atoms with Crippen LogP contribution in [-0.2, 0) is 6.54 Å². The van der Waals surface area contributed by atoms with E-state index in [4.69, 9.17) is 0 Å². The van der Waals surface area contributed by atoms with E-state index in [0.717, 1.165) is 28.2 Å². The van der Waals surface area contributed by atoms with Crippen molar-refractivity contribution in [2.75, 3.05) is 31.1 Å². The number of benzene rings is 1. The lowest BCUT2D eigenvalue weighted by atomic mass is 10.1. The van der Waals surface area contributed by atoms with Gasteiger partial charge >= 0.3 is 0 Å². The summed E-state index contributed by atoms with van der Waals surface area (Å²) in [6.45, 7) is 9.48. The molecular formula is C19H23N7O.